The van der Waals surface area contributed by atoms with Gasteiger partial charge in [-0.1, -0.05) is 18.2 Å². The molecule has 1 aromatic heterocycles. The van der Waals surface area contributed by atoms with Crippen LogP contribution in [0.3, 0.4) is 0 Å². The van der Waals surface area contributed by atoms with Crippen molar-refractivity contribution in [2.24, 2.45) is 0 Å². The van der Waals surface area contributed by atoms with Crippen molar-refractivity contribution >= 4 is 12.0 Å². The van der Waals surface area contributed by atoms with E-state index in [1.165, 1.54) is 12.4 Å². The Labute approximate surface area is 91.7 Å². The van der Waals surface area contributed by atoms with Crippen molar-refractivity contribution in [1.29, 1.82) is 0 Å². The Balaban J connectivity index is 2.42. The van der Waals surface area contributed by atoms with Crippen LogP contribution in [0.5, 0.6) is 0 Å². The van der Waals surface area contributed by atoms with Gasteiger partial charge in [0, 0.05) is 11.6 Å². The molecule has 0 aliphatic carbocycles. The third-order valence-corrected chi connectivity index (χ3v) is 2.01. The summed E-state index contributed by atoms with van der Waals surface area (Å²) in [5, 5.41) is 12.6. The topological polar surface area (TPSA) is 68.0 Å². The highest BCUT2D eigenvalue weighted by molar-refractivity contribution is 5.86. The zero-order valence-corrected chi connectivity index (χ0v) is 8.32. The lowest BCUT2D eigenvalue weighted by atomic mass is 10.1. The van der Waals surface area contributed by atoms with Crippen LogP contribution in [0.2, 0.25) is 0 Å². The minimum absolute atomic E-state index is 0.774. The van der Waals surface area contributed by atoms with E-state index in [1.807, 2.05) is 24.3 Å². The average Bonchev–Trinajstić information content (AvgIpc) is 2.80. The Morgan fingerprint density at radius 1 is 1.38 bits per heavy atom. The number of carboxylic acids is 1. The monoisotopic (exact) mass is 215 g/mol. The van der Waals surface area contributed by atoms with E-state index in [0.29, 0.717) is 0 Å². The first-order chi connectivity index (χ1) is 7.77. The first-order valence-corrected chi connectivity index (χ1v) is 4.62. The fourth-order valence-corrected chi connectivity index (χ4v) is 1.33. The van der Waals surface area contributed by atoms with E-state index in [-0.39, 0.29) is 0 Å². The maximum absolute atomic E-state index is 10.4. The number of para-hydroxylation sites is 1. The molecule has 0 saturated heterocycles. The van der Waals surface area contributed by atoms with Crippen LogP contribution in [-0.2, 0) is 4.79 Å². The van der Waals surface area contributed by atoms with Gasteiger partial charge >= 0.3 is 5.97 Å². The zero-order chi connectivity index (χ0) is 11.4. The molecule has 0 unspecified atom stereocenters. The van der Waals surface area contributed by atoms with Crippen molar-refractivity contribution in [3.8, 4) is 5.69 Å². The Kier molecular flexibility index (Phi) is 2.77. The number of carboxylic acid groups (broad SMARTS) is 1. The average molecular weight is 215 g/mol. The van der Waals surface area contributed by atoms with E-state index in [1.54, 1.807) is 11.0 Å². The lowest BCUT2D eigenvalue weighted by Crippen LogP contribution is -1.97. The van der Waals surface area contributed by atoms with Gasteiger partial charge in [0.05, 0.1) is 5.69 Å². The highest BCUT2D eigenvalue weighted by Gasteiger charge is 2.01. The number of hydrogen-bond donors (Lipinski definition) is 1. The predicted molar refractivity (Wildman–Crippen MR) is 58.0 cm³/mol. The Bertz CT molecular complexity index is 518. The van der Waals surface area contributed by atoms with Gasteiger partial charge in [-0.25, -0.2) is 14.5 Å². The van der Waals surface area contributed by atoms with Gasteiger partial charge in [0.15, 0.2) is 0 Å². The number of benzene rings is 1. The molecule has 0 radical (unpaired) electrons. The number of hydrogen-bond acceptors (Lipinski definition) is 3. The van der Waals surface area contributed by atoms with E-state index in [4.69, 9.17) is 5.11 Å². The normalized spacial score (nSPS) is 10.8. The van der Waals surface area contributed by atoms with E-state index in [0.717, 1.165) is 17.3 Å². The van der Waals surface area contributed by atoms with Crippen LogP contribution in [0.4, 0.5) is 0 Å². The molecule has 0 bridgehead atoms. The maximum atomic E-state index is 10.4. The molecule has 16 heavy (non-hydrogen) atoms. The third-order valence-electron chi connectivity index (χ3n) is 2.01. The second-order valence-corrected chi connectivity index (χ2v) is 3.07. The summed E-state index contributed by atoms with van der Waals surface area (Å²) in [6, 6.07) is 7.35. The fourth-order valence-electron chi connectivity index (χ4n) is 1.33. The van der Waals surface area contributed by atoms with Crippen LogP contribution in [-0.4, -0.2) is 25.8 Å². The van der Waals surface area contributed by atoms with Crippen LogP contribution < -0.4 is 0 Å². The van der Waals surface area contributed by atoms with Gasteiger partial charge in [-0.15, -0.1) is 0 Å². The molecule has 2 aromatic rings. The number of aromatic nitrogens is 3. The molecule has 0 aliphatic rings. The van der Waals surface area contributed by atoms with E-state index < -0.39 is 5.97 Å². The molecule has 0 saturated carbocycles. The molecule has 1 aromatic carbocycles. The van der Waals surface area contributed by atoms with Crippen LogP contribution >= 0.6 is 0 Å². The van der Waals surface area contributed by atoms with Crippen molar-refractivity contribution in [3.05, 3.63) is 48.6 Å². The summed E-state index contributed by atoms with van der Waals surface area (Å²) in [6.07, 6.45) is 5.61. The summed E-state index contributed by atoms with van der Waals surface area (Å²) in [7, 11) is 0. The summed E-state index contributed by atoms with van der Waals surface area (Å²) in [6.45, 7) is 0. The first-order valence-electron chi connectivity index (χ1n) is 4.62. The second kappa shape index (κ2) is 4.39. The summed E-state index contributed by atoms with van der Waals surface area (Å²) in [5.74, 6) is -0.978. The molecular weight excluding hydrogens is 206 g/mol. The lowest BCUT2D eigenvalue weighted by Gasteiger charge is -2.04. The number of aliphatic carboxylic acids is 1. The van der Waals surface area contributed by atoms with Gasteiger partial charge < -0.3 is 5.11 Å². The molecule has 1 heterocycles. The van der Waals surface area contributed by atoms with Crippen LogP contribution in [0.1, 0.15) is 5.56 Å². The molecule has 1 N–H and O–H groups in total. The summed E-state index contributed by atoms with van der Waals surface area (Å²) < 4.78 is 1.58. The van der Waals surface area contributed by atoms with Gasteiger partial charge in [0.1, 0.15) is 12.7 Å². The second-order valence-electron chi connectivity index (χ2n) is 3.07. The summed E-state index contributed by atoms with van der Waals surface area (Å²) in [4.78, 5) is 14.3. The highest BCUT2D eigenvalue weighted by atomic mass is 16.4. The first kappa shape index (κ1) is 10.1. The van der Waals surface area contributed by atoms with Gasteiger partial charge in [-0.2, -0.15) is 5.10 Å². The molecule has 0 fully saturated rings. The van der Waals surface area contributed by atoms with Gasteiger partial charge in [0.25, 0.3) is 0 Å². The molecular formula is C11H9N3O2. The van der Waals surface area contributed by atoms with Crippen molar-refractivity contribution < 1.29 is 9.90 Å². The van der Waals surface area contributed by atoms with Crippen molar-refractivity contribution in [1.82, 2.24) is 14.8 Å². The number of carbonyl (C=O) groups is 1. The minimum atomic E-state index is -0.978. The molecule has 80 valence electrons. The van der Waals surface area contributed by atoms with E-state index in [2.05, 4.69) is 10.1 Å². The Morgan fingerprint density at radius 2 is 2.19 bits per heavy atom. The number of nitrogens with zero attached hydrogens (tertiary/aromatic N) is 3. The minimum Gasteiger partial charge on any atom is -0.478 e. The molecule has 0 amide bonds. The smallest absolute Gasteiger partial charge is 0.328 e. The van der Waals surface area contributed by atoms with Gasteiger partial charge in [0.2, 0.25) is 0 Å². The Morgan fingerprint density at radius 3 is 2.88 bits per heavy atom. The van der Waals surface area contributed by atoms with Crippen LogP contribution in [0.15, 0.2) is 43.0 Å². The number of rotatable bonds is 3. The largest absolute Gasteiger partial charge is 0.478 e. The molecule has 5 nitrogen and oxygen atoms in total. The predicted octanol–water partition coefficient (Wildman–Crippen LogP) is 1.37. The van der Waals surface area contributed by atoms with Crippen molar-refractivity contribution in [3.63, 3.8) is 0 Å². The third kappa shape index (κ3) is 2.14. The summed E-state index contributed by atoms with van der Waals surface area (Å²) >= 11 is 0. The molecule has 0 aliphatic heterocycles. The summed E-state index contributed by atoms with van der Waals surface area (Å²) in [5.41, 5.74) is 1.56. The molecule has 0 spiro atoms. The standard InChI is InChI=1S/C11H9N3O2/c15-11(16)6-5-9-3-1-2-4-10(9)14-8-12-7-13-14/h1-8H,(H,15,16)/b6-5+. The zero-order valence-electron chi connectivity index (χ0n) is 8.32. The Hall–Kier alpha value is -2.43. The molecule has 5 heteroatoms. The van der Waals surface area contributed by atoms with Gasteiger partial charge in [-0.05, 0) is 12.1 Å². The maximum Gasteiger partial charge on any atom is 0.328 e. The van der Waals surface area contributed by atoms with Crippen LogP contribution in [0, 0.1) is 0 Å². The van der Waals surface area contributed by atoms with E-state index in [9.17, 15) is 4.79 Å². The lowest BCUT2D eigenvalue weighted by molar-refractivity contribution is -0.131. The van der Waals surface area contributed by atoms with Crippen molar-refractivity contribution in [2.75, 3.05) is 0 Å². The fraction of sp³-hybridized carbons (Fsp3) is 0. The molecule has 2 rings (SSSR count). The van der Waals surface area contributed by atoms with E-state index >= 15 is 0 Å². The molecule has 0 atom stereocenters. The SMILES string of the molecule is O=C(O)/C=C/c1ccccc1-n1cncn1. The highest BCUT2D eigenvalue weighted by Crippen LogP contribution is 2.14. The quantitative estimate of drug-likeness (QED) is 0.785. The van der Waals surface area contributed by atoms with Gasteiger partial charge in [-0.3, -0.25) is 0 Å². The van der Waals surface area contributed by atoms with Crippen molar-refractivity contribution in [2.45, 2.75) is 0 Å². The van der Waals surface area contributed by atoms with Crippen LogP contribution in [0.25, 0.3) is 11.8 Å².